The van der Waals surface area contributed by atoms with E-state index in [2.05, 4.69) is 5.32 Å². The van der Waals surface area contributed by atoms with Crippen molar-refractivity contribution in [3.8, 4) is 5.75 Å². The molecule has 0 aliphatic carbocycles. The number of hydrogen-bond donors (Lipinski definition) is 2. The van der Waals surface area contributed by atoms with Crippen LogP contribution in [-0.4, -0.2) is 30.3 Å². The van der Waals surface area contributed by atoms with E-state index in [0.29, 0.717) is 27.7 Å². The average Bonchev–Trinajstić information content (AvgIpc) is 3.24. The smallest absolute Gasteiger partial charge is 0.265 e. The highest BCUT2D eigenvalue weighted by atomic mass is 32.1. The van der Waals surface area contributed by atoms with Crippen molar-refractivity contribution in [3.63, 3.8) is 0 Å². The van der Waals surface area contributed by atoms with Crippen LogP contribution in [0.2, 0.25) is 0 Å². The number of aromatic nitrogens is 1. The van der Waals surface area contributed by atoms with Gasteiger partial charge in [0.15, 0.2) is 3.95 Å². The molecular formula is C17H21N3O3S2. The average molecular weight is 380 g/mol. The Morgan fingerprint density at radius 3 is 2.88 bits per heavy atom. The topological polar surface area (TPSA) is 78.5 Å². The van der Waals surface area contributed by atoms with Crippen LogP contribution in [0.3, 0.4) is 0 Å². The standard InChI is InChI=1S/C17H21N3O3S2/c1-22-12-6-4-11(5-7-12)9-19-16(21)14-15(18)20(17(24)25-14)10-13-3-2-8-23-13/h4-7,13H,2-3,8-10,18H2,1H3,(H,19,21). The number of thiazole rings is 1. The third-order valence-corrected chi connectivity index (χ3v) is 5.63. The van der Waals surface area contributed by atoms with Crippen molar-refractivity contribution in [1.29, 1.82) is 0 Å². The number of benzene rings is 1. The van der Waals surface area contributed by atoms with Gasteiger partial charge in [0.05, 0.1) is 19.8 Å². The maximum atomic E-state index is 12.5. The van der Waals surface area contributed by atoms with Crippen LogP contribution in [0.25, 0.3) is 0 Å². The summed E-state index contributed by atoms with van der Waals surface area (Å²) < 4.78 is 13.2. The van der Waals surface area contributed by atoms with E-state index in [9.17, 15) is 4.79 Å². The minimum atomic E-state index is -0.212. The lowest BCUT2D eigenvalue weighted by Gasteiger charge is -2.12. The molecule has 1 unspecified atom stereocenters. The van der Waals surface area contributed by atoms with E-state index >= 15 is 0 Å². The first-order valence-corrected chi connectivity index (χ1v) is 9.33. The summed E-state index contributed by atoms with van der Waals surface area (Å²) in [7, 11) is 1.62. The van der Waals surface area contributed by atoms with Gasteiger partial charge in [0.25, 0.3) is 5.91 Å². The number of hydrogen-bond acceptors (Lipinski definition) is 6. The molecule has 0 bridgehead atoms. The predicted octanol–water partition coefficient (Wildman–Crippen LogP) is 2.98. The number of amides is 1. The summed E-state index contributed by atoms with van der Waals surface area (Å²) in [5, 5.41) is 2.89. The number of nitrogens with one attached hydrogen (secondary N) is 1. The zero-order valence-electron chi connectivity index (χ0n) is 14.0. The molecule has 6 nitrogen and oxygen atoms in total. The lowest BCUT2D eigenvalue weighted by atomic mass is 10.2. The maximum Gasteiger partial charge on any atom is 0.265 e. The van der Waals surface area contributed by atoms with Gasteiger partial charge < -0.3 is 25.1 Å². The van der Waals surface area contributed by atoms with Gasteiger partial charge in [-0.15, -0.1) is 0 Å². The first-order valence-electron chi connectivity index (χ1n) is 8.10. The van der Waals surface area contributed by atoms with Gasteiger partial charge in [-0.3, -0.25) is 4.79 Å². The van der Waals surface area contributed by atoms with Crippen molar-refractivity contribution in [2.24, 2.45) is 0 Å². The Balaban J connectivity index is 1.66. The van der Waals surface area contributed by atoms with Gasteiger partial charge in [-0.05, 0) is 42.8 Å². The van der Waals surface area contributed by atoms with Crippen molar-refractivity contribution in [3.05, 3.63) is 38.7 Å². The van der Waals surface area contributed by atoms with Crippen molar-refractivity contribution >= 4 is 35.3 Å². The van der Waals surface area contributed by atoms with Gasteiger partial charge in [-0.1, -0.05) is 23.5 Å². The number of carbonyl (C=O) groups excluding carboxylic acids is 1. The van der Waals surface area contributed by atoms with Crippen molar-refractivity contribution < 1.29 is 14.3 Å². The van der Waals surface area contributed by atoms with E-state index in [1.807, 2.05) is 24.3 Å². The number of ether oxygens (including phenoxy) is 2. The largest absolute Gasteiger partial charge is 0.497 e. The fourth-order valence-corrected chi connectivity index (χ4v) is 4.01. The maximum absolute atomic E-state index is 12.5. The number of carbonyl (C=O) groups is 1. The monoisotopic (exact) mass is 379 g/mol. The summed E-state index contributed by atoms with van der Waals surface area (Å²) in [6.45, 7) is 1.79. The van der Waals surface area contributed by atoms with Gasteiger partial charge >= 0.3 is 0 Å². The number of anilines is 1. The third-order valence-electron chi connectivity index (χ3n) is 4.16. The van der Waals surface area contributed by atoms with Crippen LogP contribution in [0.1, 0.15) is 28.1 Å². The van der Waals surface area contributed by atoms with Gasteiger partial charge in [0.1, 0.15) is 16.4 Å². The summed E-state index contributed by atoms with van der Waals surface area (Å²) in [6.07, 6.45) is 2.17. The number of nitrogen functional groups attached to an aromatic ring is 1. The molecule has 1 aromatic carbocycles. The molecule has 8 heteroatoms. The molecule has 1 fully saturated rings. The van der Waals surface area contributed by atoms with E-state index in [-0.39, 0.29) is 12.0 Å². The molecule has 1 saturated heterocycles. The first kappa shape index (κ1) is 17.9. The zero-order chi connectivity index (χ0) is 17.8. The van der Waals surface area contributed by atoms with Gasteiger partial charge in [0, 0.05) is 13.2 Å². The molecular weight excluding hydrogens is 358 g/mol. The summed E-state index contributed by atoms with van der Waals surface area (Å²) >= 11 is 6.61. The lowest BCUT2D eigenvalue weighted by Crippen LogP contribution is -2.24. The van der Waals surface area contributed by atoms with E-state index < -0.39 is 0 Å². The highest BCUT2D eigenvalue weighted by molar-refractivity contribution is 7.73. The molecule has 2 aromatic rings. The summed E-state index contributed by atoms with van der Waals surface area (Å²) in [5.41, 5.74) is 7.15. The molecule has 3 N–H and O–H groups in total. The zero-order valence-corrected chi connectivity index (χ0v) is 15.6. The second kappa shape index (κ2) is 7.99. The van der Waals surface area contributed by atoms with E-state index in [0.717, 1.165) is 30.8 Å². The molecule has 3 rings (SSSR count). The molecule has 2 heterocycles. The highest BCUT2D eigenvalue weighted by Crippen LogP contribution is 2.25. The quantitative estimate of drug-likeness (QED) is 0.755. The number of nitrogens with zero attached hydrogens (tertiary/aromatic N) is 1. The summed E-state index contributed by atoms with van der Waals surface area (Å²) in [6, 6.07) is 7.54. The second-order valence-electron chi connectivity index (χ2n) is 5.86. The van der Waals surface area contributed by atoms with Crippen LogP contribution in [-0.2, 0) is 17.8 Å². The molecule has 25 heavy (non-hydrogen) atoms. The predicted molar refractivity (Wildman–Crippen MR) is 101 cm³/mol. The molecule has 1 amide bonds. The van der Waals surface area contributed by atoms with Crippen molar-refractivity contribution in [2.75, 3.05) is 19.5 Å². The molecule has 0 saturated carbocycles. The summed E-state index contributed by atoms with van der Waals surface area (Å²) in [4.78, 5) is 12.9. The Morgan fingerprint density at radius 1 is 1.48 bits per heavy atom. The van der Waals surface area contributed by atoms with Crippen LogP contribution in [0.4, 0.5) is 5.82 Å². The SMILES string of the molecule is COc1ccc(CNC(=O)c2sc(=S)n(CC3CCCO3)c2N)cc1. The van der Waals surface area contributed by atoms with Gasteiger partial charge in [0.2, 0.25) is 0 Å². The second-order valence-corrected chi connectivity index (χ2v) is 7.50. The normalized spacial score (nSPS) is 16.8. The number of methoxy groups -OCH3 is 1. The Kier molecular flexibility index (Phi) is 5.72. The Morgan fingerprint density at radius 2 is 2.24 bits per heavy atom. The highest BCUT2D eigenvalue weighted by Gasteiger charge is 2.21. The molecule has 134 valence electrons. The molecule has 1 aliphatic heterocycles. The van der Waals surface area contributed by atoms with E-state index in [1.165, 1.54) is 11.3 Å². The Bertz CT molecular complexity index is 792. The molecule has 1 aromatic heterocycles. The van der Waals surface area contributed by atoms with Crippen LogP contribution in [0.5, 0.6) is 5.75 Å². The van der Waals surface area contributed by atoms with Crippen LogP contribution < -0.4 is 15.8 Å². The van der Waals surface area contributed by atoms with E-state index in [1.54, 1.807) is 11.7 Å². The summed E-state index contributed by atoms with van der Waals surface area (Å²) in [5.74, 6) is 0.983. The Hall–Kier alpha value is -1.90. The van der Waals surface area contributed by atoms with Crippen molar-refractivity contribution in [2.45, 2.75) is 32.0 Å². The molecule has 1 atom stereocenters. The van der Waals surface area contributed by atoms with E-state index in [4.69, 9.17) is 27.4 Å². The Labute approximate surface area is 155 Å². The number of rotatable bonds is 6. The minimum absolute atomic E-state index is 0.124. The van der Waals surface area contributed by atoms with Gasteiger partial charge in [-0.25, -0.2) is 0 Å². The fraction of sp³-hybridized carbons (Fsp3) is 0.412. The molecule has 1 aliphatic rings. The molecule has 0 spiro atoms. The van der Waals surface area contributed by atoms with Crippen LogP contribution in [0.15, 0.2) is 24.3 Å². The fourth-order valence-electron chi connectivity index (χ4n) is 2.75. The third kappa shape index (κ3) is 4.20. The van der Waals surface area contributed by atoms with Gasteiger partial charge in [-0.2, -0.15) is 0 Å². The molecule has 0 radical (unpaired) electrons. The van der Waals surface area contributed by atoms with Crippen LogP contribution in [0, 0.1) is 3.95 Å². The first-order chi connectivity index (χ1) is 12.1. The van der Waals surface area contributed by atoms with Crippen molar-refractivity contribution in [1.82, 2.24) is 9.88 Å². The number of nitrogens with two attached hydrogens (primary N) is 1. The lowest BCUT2D eigenvalue weighted by molar-refractivity contribution is 0.0946. The van der Waals surface area contributed by atoms with Crippen LogP contribution >= 0.6 is 23.6 Å². The minimum Gasteiger partial charge on any atom is -0.497 e.